The molecule has 0 aromatic heterocycles. The Hall–Kier alpha value is -2.18. The predicted molar refractivity (Wildman–Crippen MR) is 159 cm³/mol. The van der Waals surface area contributed by atoms with Gasteiger partial charge in [-0.25, -0.2) is 0 Å². The molecule has 0 aliphatic carbocycles. The van der Waals surface area contributed by atoms with Gasteiger partial charge in [-0.15, -0.1) is 86.6 Å². The summed E-state index contributed by atoms with van der Waals surface area (Å²) in [6.45, 7) is 6.98. The van der Waals surface area contributed by atoms with E-state index >= 15 is 0 Å². The van der Waals surface area contributed by atoms with E-state index in [0.29, 0.717) is 0 Å². The van der Waals surface area contributed by atoms with Crippen molar-refractivity contribution in [1.82, 2.24) is 0 Å². The SMILES string of the molecule is Cc1ccccc1C(C)(C)[c-]1cc(CCc2c3ccccc3c3cccc[c-]23)c2ccccc21.[Cl][Zr+2][Cl]. The van der Waals surface area contributed by atoms with Crippen LogP contribution in [0.3, 0.4) is 0 Å². The van der Waals surface area contributed by atoms with Crippen molar-refractivity contribution in [3.8, 4) is 0 Å². The van der Waals surface area contributed by atoms with E-state index in [2.05, 4.69) is 124 Å². The second-order valence-electron chi connectivity index (χ2n) is 10.2. The molecule has 0 aliphatic heterocycles. The van der Waals surface area contributed by atoms with Crippen LogP contribution in [0.25, 0.3) is 32.3 Å². The third kappa shape index (κ3) is 4.99. The van der Waals surface area contributed by atoms with Gasteiger partial charge in [0.15, 0.2) is 0 Å². The fourth-order valence-corrected chi connectivity index (χ4v) is 6.11. The second-order valence-corrected chi connectivity index (χ2v) is 13.9. The molecule has 0 aliphatic rings. The first-order chi connectivity index (χ1) is 18.0. The van der Waals surface area contributed by atoms with Crippen molar-refractivity contribution in [2.75, 3.05) is 0 Å². The average Bonchev–Trinajstić information content (AvgIpc) is 3.45. The predicted octanol–water partition coefficient (Wildman–Crippen LogP) is 10.4. The molecule has 0 fully saturated rings. The maximum absolute atomic E-state index is 4.93. The molecule has 0 N–H and O–H groups in total. The van der Waals surface area contributed by atoms with Gasteiger partial charge in [-0.1, -0.05) is 80.3 Å². The quantitative estimate of drug-likeness (QED) is 0.173. The summed E-state index contributed by atoms with van der Waals surface area (Å²) in [5.74, 6) is 0. The first-order valence-electron chi connectivity index (χ1n) is 12.7. The number of rotatable bonds is 5. The third-order valence-electron chi connectivity index (χ3n) is 7.81. The van der Waals surface area contributed by atoms with Crippen LogP contribution in [0.15, 0.2) is 103 Å². The van der Waals surface area contributed by atoms with Gasteiger partial charge in [0.1, 0.15) is 0 Å². The molecular weight excluding hydrogens is 571 g/mol. The van der Waals surface area contributed by atoms with Gasteiger partial charge in [0.2, 0.25) is 0 Å². The number of hydrogen-bond acceptors (Lipinski definition) is 0. The Bertz CT molecular complexity index is 1610. The summed E-state index contributed by atoms with van der Waals surface area (Å²) in [6, 6.07) is 38.1. The Balaban J connectivity index is 0.000000892. The van der Waals surface area contributed by atoms with Crippen molar-refractivity contribution >= 4 is 49.3 Å². The fourth-order valence-electron chi connectivity index (χ4n) is 6.11. The third-order valence-corrected chi connectivity index (χ3v) is 7.81. The van der Waals surface area contributed by atoms with Gasteiger partial charge in [0, 0.05) is 0 Å². The van der Waals surface area contributed by atoms with E-state index in [-0.39, 0.29) is 5.41 Å². The molecule has 0 spiro atoms. The molecule has 6 rings (SSSR count). The van der Waals surface area contributed by atoms with Gasteiger partial charge in [0.05, 0.1) is 0 Å². The van der Waals surface area contributed by atoms with E-state index in [1.54, 1.807) is 0 Å². The van der Waals surface area contributed by atoms with Crippen LogP contribution in [0, 0.1) is 6.92 Å². The molecule has 0 bridgehead atoms. The molecule has 0 amide bonds. The minimum atomic E-state index is -0.826. The normalized spacial score (nSPS) is 11.5. The summed E-state index contributed by atoms with van der Waals surface area (Å²) < 4.78 is 0. The zero-order valence-corrected chi connectivity index (χ0v) is 25.5. The molecular formula is C34H30Cl2Zr. The summed E-state index contributed by atoms with van der Waals surface area (Å²) in [5.41, 5.74) is 7.09. The number of halogens is 2. The minimum absolute atomic E-state index is 0.0527. The van der Waals surface area contributed by atoms with E-state index in [9.17, 15) is 0 Å². The standard InChI is InChI=1S/C34H30.2ClH.Zr/c1-23-12-4-11-19-32(23)34(2,3)33-22-24(25-13-5-10-18-31(25)33)20-21-30-28-16-8-6-14-26(28)27-15-7-9-17-29(27)30;;;/h4-19,22H,20-21H2,1-3H3;2*1H;/q-2;;;+4/p-2. The topological polar surface area (TPSA) is 0 Å². The van der Waals surface area contributed by atoms with E-state index in [1.807, 2.05) is 0 Å². The monoisotopic (exact) mass is 598 g/mol. The van der Waals surface area contributed by atoms with E-state index in [0.717, 1.165) is 12.8 Å². The van der Waals surface area contributed by atoms with E-state index in [1.165, 1.54) is 60.1 Å². The summed E-state index contributed by atoms with van der Waals surface area (Å²) >= 11 is -0.826. The van der Waals surface area contributed by atoms with E-state index < -0.39 is 20.8 Å². The van der Waals surface area contributed by atoms with Gasteiger partial charge in [-0.2, -0.15) is 5.56 Å². The second kappa shape index (κ2) is 11.3. The first-order valence-corrected chi connectivity index (χ1v) is 19.1. The number of benzene rings is 4. The molecule has 37 heavy (non-hydrogen) atoms. The van der Waals surface area contributed by atoms with Crippen LogP contribution in [-0.4, -0.2) is 0 Å². The Morgan fingerprint density at radius 2 is 1.30 bits per heavy atom. The molecule has 0 heterocycles. The van der Waals surface area contributed by atoms with Gasteiger partial charge in [0.25, 0.3) is 0 Å². The van der Waals surface area contributed by atoms with Crippen molar-refractivity contribution in [3.63, 3.8) is 0 Å². The van der Waals surface area contributed by atoms with Crippen LogP contribution < -0.4 is 0 Å². The van der Waals surface area contributed by atoms with Crippen LogP contribution in [0.4, 0.5) is 0 Å². The van der Waals surface area contributed by atoms with Crippen LogP contribution in [0.5, 0.6) is 0 Å². The Kier molecular flexibility index (Phi) is 8.06. The van der Waals surface area contributed by atoms with Crippen LogP contribution in [-0.2, 0) is 39.1 Å². The zero-order valence-electron chi connectivity index (χ0n) is 21.5. The summed E-state index contributed by atoms with van der Waals surface area (Å²) in [7, 11) is 9.87. The number of hydrogen-bond donors (Lipinski definition) is 0. The van der Waals surface area contributed by atoms with Crippen LogP contribution in [0.2, 0.25) is 0 Å². The molecule has 0 radical (unpaired) electrons. The van der Waals surface area contributed by atoms with Crippen molar-refractivity contribution in [3.05, 3.63) is 131 Å². The molecule has 0 atom stereocenters. The van der Waals surface area contributed by atoms with Gasteiger partial charge >= 0.3 is 37.9 Å². The Labute approximate surface area is 238 Å². The van der Waals surface area contributed by atoms with Crippen molar-refractivity contribution < 1.29 is 20.8 Å². The Morgan fingerprint density at radius 3 is 2.05 bits per heavy atom. The molecule has 6 aromatic rings. The summed E-state index contributed by atoms with van der Waals surface area (Å²) in [4.78, 5) is 0. The van der Waals surface area contributed by atoms with Crippen molar-refractivity contribution in [2.24, 2.45) is 0 Å². The molecule has 0 saturated heterocycles. The van der Waals surface area contributed by atoms with Gasteiger partial charge < -0.3 is 0 Å². The molecule has 0 unspecified atom stereocenters. The van der Waals surface area contributed by atoms with E-state index in [4.69, 9.17) is 17.0 Å². The molecule has 184 valence electrons. The van der Waals surface area contributed by atoms with Crippen molar-refractivity contribution in [1.29, 1.82) is 0 Å². The molecule has 6 aromatic carbocycles. The van der Waals surface area contributed by atoms with Gasteiger partial charge in [-0.05, 0) is 29.9 Å². The fraction of sp³-hybridized carbons (Fsp3) is 0.176. The number of aryl methyl sites for hydroxylation is 3. The van der Waals surface area contributed by atoms with Crippen LogP contribution >= 0.6 is 17.0 Å². The summed E-state index contributed by atoms with van der Waals surface area (Å²) in [6.07, 6.45) is 2.09. The molecule has 3 heteroatoms. The average molecular weight is 601 g/mol. The van der Waals surface area contributed by atoms with Crippen LogP contribution in [0.1, 0.15) is 41.7 Å². The molecule has 0 nitrogen and oxygen atoms in total. The zero-order chi connectivity index (χ0) is 26.0. The van der Waals surface area contributed by atoms with Crippen molar-refractivity contribution in [2.45, 2.75) is 39.0 Å². The molecule has 0 saturated carbocycles. The maximum atomic E-state index is 4.93. The summed E-state index contributed by atoms with van der Waals surface area (Å²) in [5, 5.41) is 8.35. The Morgan fingerprint density at radius 1 is 0.703 bits per heavy atom. The number of fused-ring (bicyclic) bond motifs is 4. The van der Waals surface area contributed by atoms with Gasteiger partial charge in [-0.3, -0.25) is 0 Å². The first kappa shape index (κ1) is 26.4.